The Bertz CT molecular complexity index is 1380. The van der Waals surface area contributed by atoms with E-state index in [-0.39, 0.29) is 33.9 Å². The monoisotopic (exact) mass is 479 g/mol. The minimum absolute atomic E-state index is 0.0159. The van der Waals surface area contributed by atoms with E-state index < -0.39 is 10.0 Å². The van der Waals surface area contributed by atoms with Crippen molar-refractivity contribution in [3.05, 3.63) is 88.3 Å². The minimum Gasteiger partial charge on any atom is -0.497 e. The number of piperidine rings is 1. The number of nitrogens with zero attached hydrogens (tertiary/aromatic N) is 2. The Balaban J connectivity index is 1.38. The Labute approximate surface area is 197 Å². The van der Waals surface area contributed by atoms with Gasteiger partial charge in [-0.3, -0.25) is 14.3 Å². The molecule has 1 amide bonds. The molecular weight excluding hydrogens is 454 g/mol. The molecule has 2 aromatic carbocycles. The number of sulfonamides is 1. The van der Waals surface area contributed by atoms with Gasteiger partial charge in [0.05, 0.1) is 12.0 Å². The van der Waals surface area contributed by atoms with Crippen molar-refractivity contribution < 1.29 is 17.9 Å². The van der Waals surface area contributed by atoms with Crippen molar-refractivity contribution in [3.63, 3.8) is 0 Å². The summed E-state index contributed by atoms with van der Waals surface area (Å²) in [6.45, 7) is 1.50. The van der Waals surface area contributed by atoms with Crippen LogP contribution in [-0.2, 0) is 16.6 Å². The summed E-state index contributed by atoms with van der Waals surface area (Å²) in [5.74, 6) is 0.786. The van der Waals surface area contributed by atoms with E-state index in [0.29, 0.717) is 30.9 Å². The number of carbonyl (C=O) groups is 1. The maximum absolute atomic E-state index is 13.2. The fraction of sp³-hybridized carbons (Fsp3) is 0.280. The highest BCUT2D eigenvalue weighted by Crippen LogP contribution is 2.36. The van der Waals surface area contributed by atoms with Crippen molar-refractivity contribution in [2.75, 3.05) is 24.9 Å². The lowest BCUT2D eigenvalue weighted by molar-refractivity contribution is 0.0594. The average Bonchev–Trinajstić information content (AvgIpc) is 2.86. The van der Waals surface area contributed by atoms with Gasteiger partial charge in [0, 0.05) is 36.8 Å². The Morgan fingerprint density at radius 2 is 1.71 bits per heavy atom. The highest BCUT2D eigenvalue weighted by Gasteiger charge is 2.37. The molecule has 5 rings (SSSR count). The first-order valence-electron chi connectivity index (χ1n) is 11.1. The van der Waals surface area contributed by atoms with E-state index >= 15 is 0 Å². The zero-order valence-electron chi connectivity index (χ0n) is 18.7. The molecule has 9 heteroatoms. The van der Waals surface area contributed by atoms with Gasteiger partial charge in [0.15, 0.2) is 0 Å². The van der Waals surface area contributed by atoms with Crippen molar-refractivity contribution in [2.24, 2.45) is 5.92 Å². The second kappa shape index (κ2) is 8.64. The van der Waals surface area contributed by atoms with Gasteiger partial charge in [-0.25, -0.2) is 8.42 Å². The van der Waals surface area contributed by atoms with Gasteiger partial charge in [0.2, 0.25) is 0 Å². The number of likely N-dealkylation sites (tertiary alicyclic amines) is 1. The summed E-state index contributed by atoms with van der Waals surface area (Å²) < 4.78 is 34.7. The fourth-order valence-corrected chi connectivity index (χ4v) is 5.99. The number of aromatic nitrogens is 1. The summed E-state index contributed by atoms with van der Waals surface area (Å²) in [7, 11) is -2.28. The van der Waals surface area contributed by atoms with Crippen LogP contribution in [0.3, 0.4) is 0 Å². The molecule has 8 nitrogen and oxygen atoms in total. The van der Waals surface area contributed by atoms with Crippen molar-refractivity contribution in [3.8, 4) is 5.75 Å². The molecule has 0 saturated carbocycles. The average molecular weight is 480 g/mol. The summed E-state index contributed by atoms with van der Waals surface area (Å²) in [6, 6.07) is 18.3. The molecule has 1 N–H and O–H groups in total. The largest absolute Gasteiger partial charge is 0.497 e. The van der Waals surface area contributed by atoms with Gasteiger partial charge in [0.1, 0.15) is 11.4 Å². The molecule has 3 heterocycles. The Morgan fingerprint density at radius 3 is 2.41 bits per heavy atom. The first-order chi connectivity index (χ1) is 16.4. The highest BCUT2D eigenvalue weighted by molar-refractivity contribution is 7.92. The predicted octanol–water partition coefficient (Wildman–Crippen LogP) is 2.92. The van der Waals surface area contributed by atoms with E-state index in [0.717, 1.165) is 12.1 Å². The third-order valence-corrected chi connectivity index (χ3v) is 7.91. The third kappa shape index (κ3) is 4.07. The molecule has 2 bridgehead atoms. The molecule has 2 aliphatic rings. The van der Waals surface area contributed by atoms with E-state index in [1.807, 2.05) is 4.90 Å². The minimum atomic E-state index is -3.86. The van der Waals surface area contributed by atoms with Crippen LogP contribution in [0.4, 0.5) is 5.69 Å². The molecule has 2 atom stereocenters. The van der Waals surface area contributed by atoms with Gasteiger partial charge in [-0.05, 0) is 60.9 Å². The molecule has 0 radical (unpaired) electrons. The molecule has 1 fully saturated rings. The van der Waals surface area contributed by atoms with Crippen LogP contribution in [0.5, 0.6) is 5.75 Å². The van der Waals surface area contributed by atoms with Gasteiger partial charge in [-0.15, -0.1) is 0 Å². The first kappa shape index (κ1) is 22.2. The van der Waals surface area contributed by atoms with E-state index in [9.17, 15) is 18.0 Å². The molecule has 2 aliphatic heterocycles. The van der Waals surface area contributed by atoms with Crippen LogP contribution in [0.25, 0.3) is 0 Å². The lowest BCUT2D eigenvalue weighted by Gasteiger charge is -2.43. The van der Waals surface area contributed by atoms with Crippen LogP contribution in [0.15, 0.2) is 76.4 Å². The highest BCUT2D eigenvalue weighted by atomic mass is 32.2. The molecule has 0 aliphatic carbocycles. The number of anilines is 1. The zero-order chi connectivity index (χ0) is 23.9. The number of hydrogen-bond donors (Lipinski definition) is 1. The quantitative estimate of drug-likeness (QED) is 0.607. The molecule has 1 saturated heterocycles. The van der Waals surface area contributed by atoms with Crippen LogP contribution in [0, 0.1) is 5.92 Å². The number of fused-ring (bicyclic) bond motifs is 4. The number of nitrogens with one attached hydrogen (secondary N) is 1. The summed E-state index contributed by atoms with van der Waals surface area (Å²) >= 11 is 0. The van der Waals surface area contributed by atoms with Crippen molar-refractivity contribution in [1.82, 2.24) is 9.47 Å². The van der Waals surface area contributed by atoms with Crippen molar-refractivity contribution in [1.29, 1.82) is 0 Å². The number of methoxy groups -OCH3 is 1. The predicted molar refractivity (Wildman–Crippen MR) is 128 cm³/mol. The molecule has 0 unspecified atom stereocenters. The smallest absolute Gasteiger partial charge is 0.275 e. The normalized spacial score (nSPS) is 19.3. The topological polar surface area (TPSA) is 97.7 Å². The number of pyridine rings is 1. The number of rotatable bonds is 5. The molecule has 176 valence electrons. The van der Waals surface area contributed by atoms with E-state index in [1.165, 1.54) is 18.2 Å². The molecule has 0 spiro atoms. The maximum atomic E-state index is 13.2. The SMILES string of the molecule is COc1ccc(C(=O)N2C[C@@H]3C[C@H](C2)c2ccc(NS(=O)(=O)c4ccccc4)c(=O)n2C3)cc1. The van der Waals surface area contributed by atoms with Gasteiger partial charge in [0.25, 0.3) is 21.5 Å². The number of hydrogen-bond acceptors (Lipinski definition) is 5. The number of benzene rings is 2. The van der Waals surface area contributed by atoms with Gasteiger partial charge in [-0.1, -0.05) is 18.2 Å². The lowest BCUT2D eigenvalue weighted by Crippen LogP contribution is -2.49. The number of carbonyl (C=O) groups excluding carboxylic acids is 1. The Kier molecular flexibility index (Phi) is 5.65. The standard InChI is InChI=1S/C25H25N3O5S/c1-33-20-9-7-18(8-10-20)24(29)27-14-17-13-19(16-27)23-12-11-22(25(30)28(23)15-17)26-34(31,32)21-5-3-2-4-6-21/h2-12,17,19,26H,13-16H2,1H3/t17-,19+/m0/s1. The Hall–Kier alpha value is -3.59. The van der Waals surface area contributed by atoms with E-state index in [2.05, 4.69) is 4.72 Å². The lowest BCUT2D eigenvalue weighted by atomic mass is 9.83. The van der Waals surface area contributed by atoms with Crippen LogP contribution in [0.1, 0.15) is 28.4 Å². The van der Waals surface area contributed by atoms with Crippen LogP contribution >= 0.6 is 0 Å². The van der Waals surface area contributed by atoms with Crippen LogP contribution < -0.4 is 15.0 Å². The Morgan fingerprint density at radius 1 is 0.971 bits per heavy atom. The van der Waals surface area contributed by atoms with Gasteiger partial charge >= 0.3 is 0 Å². The molecule has 34 heavy (non-hydrogen) atoms. The van der Waals surface area contributed by atoms with Crippen molar-refractivity contribution >= 4 is 21.6 Å². The second-order valence-electron chi connectivity index (χ2n) is 8.74. The molecule has 3 aromatic rings. The van der Waals surface area contributed by atoms with E-state index in [1.54, 1.807) is 60.2 Å². The molecule has 1 aromatic heterocycles. The third-order valence-electron chi connectivity index (χ3n) is 6.53. The fourth-order valence-electron chi connectivity index (χ4n) is 4.91. The number of amides is 1. The summed E-state index contributed by atoms with van der Waals surface area (Å²) in [6.07, 6.45) is 0.890. The number of ether oxygens (including phenoxy) is 1. The first-order valence-corrected chi connectivity index (χ1v) is 12.6. The van der Waals surface area contributed by atoms with Crippen LogP contribution in [-0.4, -0.2) is 44.0 Å². The van der Waals surface area contributed by atoms with Crippen LogP contribution in [0.2, 0.25) is 0 Å². The van der Waals surface area contributed by atoms with Gasteiger partial charge < -0.3 is 14.2 Å². The molecular formula is C25H25N3O5S. The summed E-state index contributed by atoms with van der Waals surface area (Å²) in [4.78, 5) is 28.2. The summed E-state index contributed by atoms with van der Waals surface area (Å²) in [5.41, 5.74) is 1.10. The maximum Gasteiger partial charge on any atom is 0.275 e. The zero-order valence-corrected chi connectivity index (χ0v) is 19.5. The van der Waals surface area contributed by atoms with Gasteiger partial charge in [-0.2, -0.15) is 0 Å². The van der Waals surface area contributed by atoms with Crippen molar-refractivity contribution in [2.45, 2.75) is 23.8 Å². The van der Waals surface area contributed by atoms with E-state index in [4.69, 9.17) is 4.74 Å². The second-order valence-corrected chi connectivity index (χ2v) is 10.4. The summed E-state index contributed by atoms with van der Waals surface area (Å²) in [5, 5.41) is 0.